The third-order valence-corrected chi connectivity index (χ3v) is 6.26. The summed E-state index contributed by atoms with van der Waals surface area (Å²) in [6.45, 7) is 6.07. The van der Waals surface area contributed by atoms with E-state index in [2.05, 4.69) is 9.88 Å². The molecule has 2 fully saturated rings. The first-order chi connectivity index (χ1) is 9.58. The molecule has 6 heteroatoms. The highest BCUT2D eigenvalue weighted by atomic mass is 32.2. The summed E-state index contributed by atoms with van der Waals surface area (Å²) in [6, 6.07) is 4.09. The van der Waals surface area contributed by atoms with E-state index in [4.69, 9.17) is 0 Å². The van der Waals surface area contributed by atoms with E-state index in [1.165, 1.54) is 5.56 Å². The minimum Gasteiger partial charge on any atom is -0.298 e. The van der Waals surface area contributed by atoms with Gasteiger partial charge in [0.15, 0.2) is 0 Å². The summed E-state index contributed by atoms with van der Waals surface area (Å²) in [5.41, 5.74) is 1.28. The molecule has 1 aromatic rings. The van der Waals surface area contributed by atoms with E-state index < -0.39 is 10.0 Å². The van der Waals surface area contributed by atoms with E-state index in [1.807, 2.05) is 24.5 Å². The summed E-state index contributed by atoms with van der Waals surface area (Å²) in [4.78, 5) is 6.46. The SMILES string of the molecule is CCS(=O)(=O)N1C[C@H]2CN(Cc3ccncc3)C[C@H]2C1. The van der Waals surface area contributed by atoms with Gasteiger partial charge in [0.05, 0.1) is 5.75 Å². The van der Waals surface area contributed by atoms with Crippen LogP contribution in [0.25, 0.3) is 0 Å². The van der Waals surface area contributed by atoms with Crippen molar-refractivity contribution >= 4 is 10.0 Å². The topological polar surface area (TPSA) is 53.5 Å². The fraction of sp³-hybridized carbons (Fsp3) is 0.643. The van der Waals surface area contributed by atoms with Crippen LogP contribution in [0.15, 0.2) is 24.5 Å². The molecule has 20 heavy (non-hydrogen) atoms. The fourth-order valence-corrected chi connectivity index (χ4v) is 4.53. The van der Waals surface area contributed by atoms with E-state index in [-0.39, 0.29) is 5.75 Å². The highest BCUT2D eigenvalue weighted by Gasteiger charge is 2.43. The van der Waals surface area contributed by atoms with E-state index in [0.717, 1.165) is 19.6 Å². The highest BCUT2D eigenvalue weighted by molar-refractivity contribution is 7.89. The van der Waals surface area contributed by atoms with Gasteiger partial charge in [-0.1, -0.05) is 0 Å². The van der Waals surface area contributed by atoms with Crippen LogP contribution < -0.4 is 0 Å². The molecule has 3 heterocycles. The van der Waals surface area contributed by atoms with Crippen molar-refractivity contribution in [2.24, 2.45) is 11.8 Å². The number of sulfonamides is 1. The van der Waals surface area contributed by atoms with Gasteiger partial charge in [-0.2, -0.15) is 0 Å². The molecule has 0 amide bonds. The summed E-state index contributed by atoms with van der Waals surface area (Å²) in [6.07, 6.45) is 3.64. The van der Waals surface area contributed by atoms with Crippen LogP contribution in [0.1, 0.15) is 12.5 Å². The molecule has 0 aromatic carbocycles. The molecule has 2 atom stereocenters. The Morgan fingerprint density at radius 1 is 1.15 bits per heavy atom. The summed E-state index contributed by atoms with van der Waals surface area (Å²) in [5.74, 6) is 1.21. The quantitative estimate of drug-likeness (QED) is 0.824. The smallest absolute Gasteiger partial charge is 0.213 e. The van der Waals surface area contributed by atoms with Gasteiger partial charge >= 0.3 is 0 Å². The second-order valence-electron chi connectivity index (χ2n) is 5.79. The Hall–Kier alpha value is -0.980. The van der Waals surface area contributed by atoms with Crippen molar-refractivity contribution in [1.29, 1.82) is 0 Å². The molecule has 0 unspecified atom stereocenters. The maximum absolute atomic E-state index is 11.9. The normalized spacial score (nSPS) is 27.9. The lowest BCUT2D eigenvalue weighted by atomic mass is 10.0. The summed E-state index contributed by atoms with van der Waals surface area (Å²) < 4.78 is 25.5. The molecular formula is C14H21N3O2S. The van der Waals surface area contributed by atoms with Crippen molar-refractivity contribution in [3.63, 3.8) is 0 Å². The number of rotatable bonds is 4. The number of likely N-dealkylation sites (tertiary alicyclic amines) is 1. The van der Waals surface area contributed by atoms with Crippen molar-refractivity contribution in [2.75, 3.05) is 31.9 Å². The van der Waals surface area contributed by atoms with Crippen LogP contribution >= 0.6 is 0 Å². The van der Waals surface area contributed by atoms with Crippen molar-refractivity contribution < 1.29 is 8.42 Å². The Morgan fingerprint density at radius 3 is 2.30 bits per heavy atom. The van der Waals surface area contributed by atoms with E-state index in [1.54, 1.807) is 11.2 Å². The average Bonchev–Trinajstić information content (AvgIpc) is 2.98. The standard InChI is InChI=1S/C14H21N3O2S/c1-2-20(18,19)17-10-13-8-16(9-14(13)11-17)7-12-3-5-15-6-4-12/h3-6,13-14H,2,7-11H2,1H3/t13-,14+. The van der Waals surface area contributed by atoms with E-state index in [9.17, 15) is 8.42 Å². The molecule has 0 spiro atoms. The van der Waals surface area contributed by atoms with E-state index in [0.29, 0.717) is 24.9 Å². The van der Waals surface area contributed by atoms with Crippen LogP contribution in [0.3, 0.4) is 0 Å². The van der Waals surface area contributed by atoms with Crippen LogP contribution in [-0.4, -0.2) is 54.5 Å². The number of pyridine rings is 1. The molecule has 2 aliphatic heterocycles. The molecule has 3 rings (SSSR count). The highest BCUT2D eigenvalue weighted by Crippen LogP contribution is 2.33. The molecule has 110 valence electrons. The van der Waals surface area contributed by atoms with Crippen LogP contribution in [0.2, 0.25) is 0 Å². The first-order valence-electron chi connectivity index (χ1n) is 7.17. The number of hydrogen-bond donors (Lipinski definition) is 0. The van der Waals surface area contributed by atoms with Crippen LogP contribution in [0.4, 0.5) is 0 Å². The third-order valence-electron chi connectivity index (χ3n) is 4.44. The Bertz CT molecular complexity index is 547. The Kier molecular flexibility index (Phi) is 3.79. The van der Waals surface area contributed by atoms with Gasteiger partial charge in [-0.25, -0.2) is 12.7 Å². The largest absolute Gasteiger partial charge is 0.298 e. The minimum atomic E-state index is -3.01. The molecule has 2 saturated heterocycles. The van der Waals surface area contributed by atoms with Gasteiger partial charge in [-0.05, 0) is 36.5 Å². The van der Waals surface area contributed by atoms with E-state index >= 15 is 0 Å². The van der Waals surface area contributed by atoms with Crippen molar-refractivity contribution in [1.82, 2.24) is 14.2 Å². The number of fused-ring (bicyclic) bond motifs is 1. The lowest BCUT2D eigenvalue weighted by Crippen LogP contribution is -2.34. The van der Waals surface area contributed by atoms with Gasteiger partial charge in [0.2, 0.25) is 10.0 Å². The van der Waals surface area contributed by atoms with Crippen molar-refractivity contribution in [3.8, 4) is 0 Å². The maximum Gasteiger partial charge on any atom is 0.213 e. The van der Waals surface area contributed by atoms with Gasteiger partial charge in [0.1, 0.15) is 0 Å². The molecule has 2 aliphatic rings. The molecule has 1 aromatic heterocycles. The molecule has 0 radical (unpaired) electrons. The first-order valence-corrected chi connectivity index (χ1v) is 8.78. The molecule has 0 N–H and O–H groups in total. The average molecular weight is 295 g/mol. The Morgan fingerprint density at radius 2 is 1.75 bits per heavy atom. The lowest BCUT2D eigenvalue weighted by molar-refractivity contribution is 0.289. The van der Waals surface area contributed by atoms with Gasteiger partial charge in [-0.15, -0.1) is 0 Å². The zero-order chi connectivity index (χ0) is 14.2. The third kappa shape index (κ3) is 2.73. The summed E-state index contributed by atoms with van der Waals surface area (Å²) in [7, 11) is -3.01. The Balaban J connectivity index is 1.59. The van der Waals surface area contributed by atoms with Gasteiger partial charge in [-0.3, -0.25) is 9.88 Å². The van der Waals surface area contributed by atoms with Gasteiger partial charge in [0, 0.05) is 45.1 Å². The van der Waals surface area contributed by atoms with Crippen LogP contribution in [-0.2, 0) is 16.6 Å². The predicted molar refractivity (Wildman–Crippen MR) is 77.5 cm³/mol. The van der Waals surface area contributed by atoms with Crippen LogP contribution in [0.5, 0.6) is 0 Å². The summed E-state index contributed by atoms with van der Waals surface area (Å²) >= 11 is 0. The molecular weight excluding hydrogens is 274 g/mol. The molecule has 0 saturated carbocycles. The van der Waals surface area contributed by atoms with Crippen LogP contribution in [0, 0.1) is 11.8 Å². The summed E-state index contributed by atoms with van der Waals surface area (Å²) in [5, 5.41) is 0. The van der Waals surface area contributed by atoms with Crippen molar-refractivity contribution in [3.05, 3.63) is 30.1 Å². The number of hydrogen-bond acceptors (Lipinski definition) is 4. The second kappa shape index (κ2) is 5.42. The molecule has 5 nitrogen and oxygen atoms in total. The first kappa shape index (κ1) is 14.0. The Labute approximate surface area is 120 Å². The second-order valence-corrected chi connectivity index (χ2v) is 8.04. The predicted octanol–water partition coefficient (Wildman–Crippen LogP) is 0.795. The zero-order valence-electron chi connectivity index (χ0n) is 11.8. The zero-order valence-corrected chi connectivity index (χ0v) is 12.6. The fourth-order valence-electron chi connectivity index (χ4n) is 3.33. The monoisotopic (exact) mass is 295 g/mol. The number of aromatic nitrogens is 1. The van der Waals surface area contributed by atoms with Gasteiger partial charge in [0.25, 0.3) is 0 Å². The van der Waals surface area contributed by atoms with Crippen molar-refractivity contribution in [2.45, 2.75) is 13.5 Å². The van der Waals surface area contributed by atoms with Gasteiger partial charge < -0.3 is 0 Å². The molecule has 0 bridgehead atoms. The minimum absolute atomic E-state index is 0.215. The number of nitrogens with zero attached hydrogens (tertiary/aromatic N) is 3. The maximum atomic E-state index is 11.9. The lowest BCUT2D eigenvalue weighted by Gasteiger charge is -2.20. The molecule has 0 aliphatic carbocycles.